The van der Waals surface area contributed by atoms with Gasteiger partial charge in [0.15, 0.2) is 0 Å². The zero-order valence-electron chi connectivity index (χ0n) is 13.4. The van der Waals surface area contributed by atoms with Crippen molar-refractivity contribution >= 4 is 17.2 Å². The molecule has 2 saturated heterocycles. The lowest BCUT2D eigenvalue weighted by atomic mass is 10.0. The highest BCUT2D eigenvalue weighted by Crippen LogP contribution is 2.35. The van der Waals surface area contributed by atoms with E-state index in [4.69, 9.17) is 0 Å². The molecule has 1 aromatic carbocycles. The third-order valence-electron chi connectivity index (χ3n) is 5.11. The summed E-state index contributed by atoms with van der Waals surface area (Å²) in [5.41, 5.74) is 3.46. The minimum atomic E-state index is 0.228. The molecule has 3 nitrogen and oxygen atoms in total. The molecule has 0 radical (unpaired) electrons. The highest BCUT2D eigenvalue weighted by atomic mass is 32.1. The third kappa shape index (κ3) is 2.70. The molecule has 4 rings (SSSR count). The number of rotatable bonds is 2. The summed E-state index contributed by atoms with van der Waals surface area (Å²) >= 11 is 1.58. The molecule has 2 fully saturated rings. The second-order valence-electron chi connectivity index (χ2n) is 6.62. The fourth-order valence-corrected chi connectivity index (χ4v) is 4.73. The molecule has 1 aromatic heterocycles. The van der Waals surface area contributed by atoms with Crippen molar-refractivity contribution in [3.05, 3.63) is 46.2 Å². The van der Waals surface area contributed by atoms with E-state index in [1.807, 2.05) is 5.38 Å². The monoisotopic (exact) mass is 326 g/mol. The Bertz CT molecular complexity index is 692. The molecule has 1 N–H and O–H groups in total. The van der Waals surface area contributed by atoms with Gasteiger partial charge in [0.25, 0.3) is 5.91 Å². The molecule has 2 aliphatic heterocycles. The normalized spacial score (nSPS) is 23.8. The van der Waals surface area contributed by atoms with Crippen LogP contribution in [0.25, 0.3) is 11.1 Å². The van der Waals surface area contributed by atoms with Crippen molar-refractivity contribution in [3.8, 4) is 11.1 Å². The predicted molar refractivity (Wildman–Crippen MR) is 95.0 cm³/mol. The topological polar surface area (TPSA) is 32.3 Å². The van der Waals surface area contributed by atoms with Gasteiger partial charge in [0.05, 0.1) is 4.88 Å². The number of thiophene rings is 1. The van der Waals surface area contributed by atoms with E-state index in [-0.39, 0.29) is 5.91 Å². The number of amides is 1. The summed E-state index contributed by atoms with van der Waals surface area (Å²) in [5.74, 6) is 0.228. The first-order valence-corrected chi connectivity index (χ1v) is 9.30. The highest BCUT2D eigenvalue weighted by molar-refractivity contribution is 7.12. The molecule has 2 atom stereocenters. The summed E-state index contributed by atoms with van der Waals surface area (Å²) in [6.07, 6.45) is 3.37. The molecule has 0 spiro atoms. The number of nitrogens with one attached hydrogen (secondary N) is 1. The van der Waals surface area contributed by atoms with Crippen LogP contribution in [0, 0.1) is 6.92 Å². The number of hydrogen-bond donors (Lipinski definition) is 1. The molecule has 0 aliphatic carbocycles. The van der Waals surface area contributed by atoms with E-state index in [1.54, 1.807) is 11.3 Å². The smallest absolute Gasteiger partial charge is 0.265 e. The first-order chi connectivity index (χ1) is 11.2. The zero-order valence-corrected chi connectivity index (χ0v) is 14.2. The van der Waals surface area contributed by atoms with Crippen LogP contribution in [-0.2, 0) is 0 Å². The molecular weight excluding hydrogens is 304 g/mol. The van der Waals surface area contributed by atoms with Crippen LogP contribution < -0.4 is 5.32 Å². The average Bonchev–Trinajstić information content (AvgIpc) is 3.11. The Morgan fingerprint density at radius 2 is 1.91 bits per heavy atom. The molecule has 2 unspecified atom stereocenters. The summed E-state index contributed by atoms with van der Waals surface area (Å²) in [5, 5.41) is 5.51. The van der Waals surface area contributed by atoms with Crippen molar-refractivity contribution in [3.63, 3.8) is 0 Å². The minimum absolute atomic E-state index is 0.228. The van der Waals surface area contributed by atoms with Gasteiger partial charge in [0, 0.05) is 24.2 Å². The van der Waals surface area contributed by atoms with Crippen LogP contribution in [0.5, 0.6) is 0 Å². The standard InChI is InChI=1S/C19H22N2OS/c1-13-2-4-14(5-3-13)17-9-11-23-18(17)19(22)21-15-6-7-16(21)12-20-10-8-15/h2-5,9,11,15-16,20H,6-8,10,12H2,1H3. The Kier molecular flexibility index (Phi) is 3.95. The van der Waals surface area contributed by atoms with Crippen molar-refractivity contribution < 1.29 is 4.79 Å². The van der Waals surface area contributed by atoms with E-state index in [0.717, 1.165) is 48.4 Å². The molecule has 1 amide bonds. The van der Waals surface area contributed by atoms with Crippen molar-refractivity contribution in [2.24, 2.45) is 0 Å². The van der Waals surface area contributed by atoms with Crippen LogP contribution in [0.1, 0.15) is 34.5 Å². The number of fused-ring (bicyclic) bond motifs is 2. The second kappa shape index (κ2) is 6.10. The van der Waals surface area contributed by atoms with Gasteiger partial charge < -0.3 is 10.2 Å². The largest absolute Gasteiger partial charge is 0.331 e. The maximum Gasteiger partial charge on any atom is 0.265 e. The fourth-order valence-electron chi connectivity index (χ4n) is 3.87. The first kappa shape index (κ1) is 14.9. The van der Waals surface area contributed by atoms with E-state index in [9.17, 15) is 4.79 Å². The van der Waals surface area contributed by atoms with Gasteiger partial charge in [0.1, 0.15) is 0 Å². The average molecular weight is 326 g/mol. The minimum Gasteiger partial charge on any atom is -0.331 e. The van der Waals surface area contributed by atoms with Crippen LogP contribution in [-0.4, -0.2) is 36.0 Å². The van der Waals surface area contributed by atoms with Crippen LogP contribution in [0.15, 0.2) is 35.7 Å². The molecule has 23 heavy (non-hydrogen) atoms. The van der Waals surface area contributed by atoms with Crippen molar-refractivity contribution in [1.29, 1.82) is 0 Å². The number of benzene rings is 1. The van der Waals surface area contributed by atoms with Crippen LogP contribution in [0.2, 0.25) is 0 Å². The lowest BCUT2D eigenvalue weighted by molar-refractivity contribution is 0.0686. The number of aryl methyl sites for hydroxylation is 1. The summed E-state index contributed by atoms with van der Waals surface area (Å²) in [7, 11) is 0. The van der Waals surface area contributed by atoms with E-state index in [0.29, 0.717) is 12.1 Å². The van der Waals surface area contributed by atoms with Gasteiger partial charge in [-0.2, -0.15) is 0 Å². The van der Waals surface area contributed by atoms with E-state index in [2.05, 4.69) is 47.5 Å². The van der Waals surface area contributed by atoms with E-state index >= 15 is 0 Å². The molecule has 2 bridgehead atoms. The lowest BCUT2D eigenvalue weighted by Gasteiger charge is -2.27. The second-order valence-corrected chi connectivity index (χ2v) is 7.54. The number of nitrogens with zero attached hydrogens (tertiary/aromatic N) is 1. The predicted octanol–water partition coefficient (Wildman–Crippen LogP) is 3.69. The number of carbonyl (C=O) groups is 1. The molecular formula is C19H22N2OS. The fraction of sp³-hybridized carbons (Fsp3) is 0.421. The quantitative estimate of drug-likeness (QED) is 0.913. The van der Waals surface area contributed by atoms with Gasteiger partial charge in [0.2, 0.25) is 0 Å². The molecule has 2 aliphatic rings. The lowest BCUT2D eigenvalue weighted by Crippen LogP contribution is -2.42. The Balaban J connectivity index is 1.67. The third-order valence-corrected chi connectivity index (χ3v) is 6.01. The van der Waals surface area contributed by atoms with Crippen LogP contribution in [0.4, 0.5) is 0 Å². The van der Waals surface area contributed by atoms with Gasteiger partial charge in [-0.3, -0.25) is 4.79 Å². The van der Waals surface area contributed by atoms with Gasteiger partial charge in [-0.15, -0.1) is 11.3 Å². The summed E-state index contributed by atoms with van der Waals surface area (Å²) in [4.78, 5) is 16.3. The maximum absolute atomic E-state index is 13.2. The summed E-state index contributed by atoms with van der Waals surface area (Å²) < 4.78 is 0. The van der Waals surface area contributed by atoms with Crippen molar-refractivity contribution in [2.45, 2.75) is 38.3 Å². The highest BCUT2D eigenvalue weighted by Gasteiger charge is 2.39. The summed E-state index contributed by atoms with van der Waals surface area (Å²) in [6, 6.07) is 11.3. The van der Waals surface area contributed by atoms with Gasteiger partial charge in [-0.05, 0) is 49.7 Å². The maximum atomic E-state index is 13.2. The van der Waals surface area contributed by atoms with E-state index in [1.165, 1.54) is 5.56 Å². The Morgan fingerprint density at radius 3 is 2.74 bits per heavy atom. The van der Waals surface area contributed by atoms with E-state index < -0.39 is 0 Å². The Labute approximate surface area is 141 Å². The first-order valence-electron chi connectivity index (χ1n) is 8.42. The van der Waals surface area contributed by atoms with Crippen molar-refractivity contribution in [1.82, 2.24) is 10.2 Å². The molecule has 120 valence electrons. The Morgan fingerprint density at radius 1 is 1.13 bits per heavy atom. The molecule has 0 saturated carbocycles. The van der Waals surface area contributed by atoms with Crippen LogP contribution in [0.3, 0.4) is 0 Å². The summed E-state index contributed by atoms with van der Waals surface area (Å²) in [6.45, 7) is 4.05. The molecule has 2 aromatic rings. The Hall–Kier alpha value is -1.65. The molecule has 4 heteroatoms. The van der Waals surface area contributed by atoms with Gasteiger partial charge >= 0.3 is 0 Å². The van der Waals surface area contributed by atoms with Gasteiger partial charge in [-0.1, -0.05) is 29.8 Å². The van der Waals surface area contributed by atoms with Gasteiger partial charge in [-0.25, -0.2) is 0 Å². The number of carbonyl (C=O) groups excluding carboxylic acids is 1. The zero-order chi connectivity index (χ0) is 15.8. The van der Waals surface area contributed by atoms with Crippen molar-refractivity contribution in [2.75, 3.05) is 13.1 Å². The number of hydrogen-bond acceptors (Lipinski definition) is 3. The van der Waals surface area contributed by atoms with Crippen LogP contribution >= 0.6 is 11.3 Å². The SMILES string of the molecule is Cc1ccc(-c2ccsc2C(=O)N2C3CCNCC2CC3)cc1. The molecule has 3 heterocycles.